The fraction of sp³-hybridized carbons (Fsp3) is 0.897. The zero-order chi connectivity index (χ0) is 26.1. The van der Waals surface area contributed by atoms with Crippen molar-refractivity contribution in [3.8, 4) is 0 Å². The first-order valence-electron chi connectivity index (χ1n) is 14.5. The van der Waals surface area contributed by atoms with Crippen LogP contribution < -0.4 is 0 Å². The minimum atomic E-state index is -0.995. The van der Waals surface area contributed by atoms with Crippen molar-refractivity contribution in [1.82, 2.24) is 4.90 Å². The summed E-state index contributed by atoms with van der Waals surface area (Å²) in [6.45, 7) is 8.30. The second-order valence-electron chi connectivity index (χ2n) is 11.0. The monoisotopic (exact) mass is 495 g/mol. The Morgan fingerprint density at radius 1 is 0.943 bits per heavy atom. The summed E-state index contributed by atoms with van der Waals surface area (Å²) < 4.78 is 5.85. The van der Waals surface area contributed by atoms with E-state index in [1.807, 2.05) is 13.8 Å². The molecule has 0 saturated carbocycles. The van der Waals surface area contributed by atoms with Gasteiger partial charge in [0.05, 0.1) is 5.92 Å². The molecule has 1 rings (SSSR count). The van der Waals surface area contributed by atoms with E-state index in [1.165, 1.54) is 49.8 Å². The van der Waals surface area contributed by atoms with Gasteiger partial charge in [0, 0.05) is 12.5 Å². The number of hydrogen-bond donors (Lipinski definition) is 1. The molecular weight excluding hydrogens is 442 g/mol. The molecule has 1 saturated heterocycles. The molecule has 0 aromatic rings. The second-order valence-corrected chi connectivity index (χ2v) is 11.0. The van der Waals surface area contributed by atoms with Crippen molar-refractivity contribution in [2.24, 2.45) is 11.8 Å². The summed E-state index contributed by atoms with van der Waals surface area (Å²) in [5.41, 5.74) is 0. The van der Waals surface area contributed by atoms with E-state index in [0.29, 0.717) is 25.7 Å². The quantitative estimate of drug-likeness (QED) is 0.104. The molecule has 0 aliphatic carbocycles. The first-order valence-corrected chi connectivity index (χ1v) is 14.5. The van der Waals surface area contributed by atoms with Crippen LogP contribution in [-0.2, 0) is 19.1 Å². The summed E-state index contributed by atoms with van der Waals surface area (Å²) in [5.74, 6) is -1.55. The molecule has 0 bridgehead atoms. The third-order valence-electron chi connectivity index (χ3n) is 7.40. The average Bonchev–Trinajstić information content (AvgIpc) is 2.81. The molecule has 1 heterocycles. The molecule has 204 valence electrons. The normalized spacial score (nSPS) is 21.1. The third-order valence-corrected chi connectivity index (χ3v) is 7.40. The Kier molecular flexibility index (Phi) is 16.8. The molecule has 0 aromatic carbocycles. The molecular formula is C29H53NO5. The number of amides is 1. The van der Waals surface area contributed by atoms with Crippen LogP contribution in [0.25, 0.3) is 0 Å². The number of cyclic esters (lactones) is 1. The second kappa shape index (κ2) is 18.6. The Morgan fingerprint density at radius 2 is 1.46 bits per heavy atom. The molecule has 0 unspecified atom stereocenters. The lowest BCUT2D eigenvalue weighted by Crippen LogP contribution is -2.55. The van der Waals surface area contributed by atoms with Gasteiger partial charge < -0.3 is 14.7 Å². The van der Waals surface area contributed by atoms with Gasteiger partial charge in [-0.3, -0.25) is 9.59 Å². The van der Waals surface area contributed by atoms with Gasteiger partial charge in [-0.1, -0.05) is 105 Å². The molecule has 0 radical (unpaired) electrons. The predicted molar refractivity (Wildman–Crippen MR) is 141 cm³/mol. The SMILES string of the molecule is CCCCCCCCCCC[C@H]1C[C@H](N(C=O)[C@@H](CC(C)C)C(=O)O)[C@H](CCCCCC)C(=O)O1. The average molecular weight is 496 g/mol. The molecule has 0 aromatic heterocycles. The summed E-state index contributed by atoms with van der Waals surface area (Å²) in [6.07, 6.45) is 18.0. The van der Waals surface area contributed by atoms with Crippen LogP contribution in [0, 0.1) is 11.8 Å². The van der Waals surface area contributed by atoms with Gasteiger partial charge in [-0.15, -0.1) is 0 Å². The van der Waals surface area contributed by atoms with Crippen molar-refractivity contribution in [3.63, 3.8) is 0 Å². The van der Waals surface area contributed by atoms with Crippen LogP contribution in [-0.4, -0.2) is 46.5 Å². The van der Waals surface area contributed by atoms with Crippen molar-refractivity contribution in [2.45, 2.75) is 155 Å². The lowest BCUT2D eigenvalue weighted by molar-refractivity contribution is -0.172. The summed E-state index contributed by atoms with van der Waals surface area (Å²) in [5, 5.41) is 9.89. The van der Waals surface area contributed by atoms with Gasteiger partial charge in [-0.25, -0.2) is 4.79 Å². The van der Waals surface area contributed by atoms with Crippen molar-refractivity contribution in [1.29, 1.82) is 0 Å². The molecule has 1 aliphatic rings. The van der Waals surface area contributed by atoms with Crippen molar-refractivity contribution in [3.05, 3.63) is 0 Å². The molecule has 0 spiro atoms. The van der Waals surface area contributed by atoms with Crippen LogP contribution >= 0.6 is 0 Å². The summed E-state index contributed by atoms with van der Waals surface area (Å²) in [4.78, 5) is 38.8. The Labute approximate surface area is 214 Å². The molecule has 6 nitrogen and oxygen atoms in total. The van der Waals surface area contributed by atoms with E-state index < -0.39 is 24.0 Å². The van der Waals surface area contributed by atoms with E-state index in [2.05, 4.69) is 13.8 Å². The lowest BCUT2D eigenvalue weighted by Gasteiger charge is -2.42. The minimum absolute atomic E-state index is 0.134. The molecule has 35 heavy (non-hydrogen) atoms. The van der Waals surface area contributed by atoms with Crippen LogP contribution in [0.1, 0.15) is 137 Å². The number of esters is 1. The number of unbranched alkanes of at least 4 members (excludes halogenated alkanes) is 11. The number of rotatable bonds is 21. The van der Waals surface area contributed by atoms with E-state index in [-0.39, 0.29) is 18.0 Å². The number of carboxylic acid groups (broad SMARTS) is 1. The van der Waals surface area contributed by atoms with Gasteiger partial charge in [0.15, 0.2) is 0 Å². The number of aliphatic carboxylic acids is 1. The Hall–Kier alpha value is -1.59. The summed E-state index contributed by atoms with van der Waals surface area (Å²) in [7, 11) is 0. The highest BCUT2D eigenvalue weighted by Gasteiger charge is 2.44. The number of hydrogen-bond acceptors (Lipinski definition) is 4. The van der Waals surface area contributed by atoms with Gasteiger partial charge in [0.2, 0.25) is 6.41 Å². The van der Waals surface area contributed by atoms with Crippen molar-refractivity contribution < 1.29 is 24.2 Å². The van der Waals surface area contributed by atoms with Gasteiger partial charge in [-0.2, -0.15) is 0 Å². The van der Waals surface area contributed by atoms with Gasteiger partial charge in [-0.05, 0) is 31.6 Å². The van der Waals surface area contributed by atoms with Crippen LogP contribution in [0.15, 0.2) is 0 Å². The number of carbonyl (C=O) groups excluding carboxylic acids is 2. The maximum atomic E-state index is 13.1. The fourth-order valence-electron chi connectivity index (χ4n) is 5.36. The van der Waals surface area contributed by atoms with E-state index in [4.69, 9.17) is 4.74 Å². The maximum absolute atomic E-state index is 13.1. The molecule has 1 aliphatic heterocycles. The number of carbonyl (C=O) groups is 3. The summed E-state index contributed by atoms with van der Waals surface area (Å²) >= 11 is 0. The Morgan fingerprint density at radius 3 is 1.97 bits per heavy atom. The lowest BCUT2D eigenvalue weighted by atomic mass is 9.84. The van der Waals surface area contributed by atoms with Crippen LogP contribution in [0.4, 0.5) is 0 Å². The van der Waals surface area contributed by atoms with Crippen molar-refractivity contribution >= 4 is 18.3 Å². The zero-order valence-electron chi connectivity index (χ0n) is 23.0. The number of ether oxygens (including phenoxy) is 1. The first-order chi connectivity index (χ1) is 16.8. The molecule has 1 fully saturated rings. The molecule has 1 amide bonds. The van der Waals surface area contributed by atoms with Crippen LogP contribution in [0.2, 0.25) is 0 Å². The standard InChI is InChI=1S/C29H53NO5/c1-5-7-9-11-12-13-14-15-16-18-24-21-26(25(29(34)35-24)19-17-10-8-6-2)30(22-31)27(28(32)33)20-23(3)4/h22-27H,5-21H2,1-4H3,(H,32,33)/t24-,25-,26-,27-/m0/s1. The van der Waals surface area contributed by atoms with E-state index in [0.717, 1.165) is 44.9 Å². The van der Waals surface area contributed by atoms with Crippen LogP contribution in [0.3, 0.4) is 0 Å². The smallest absolute Gasteiger partial charge is 0.326 e. The maximum Gasteiger partial charge on any atom is 0.326 e. The Balaban J connectivity index is 2.76. The molecule has 4 atom stereocenters. The first kappa shape index (κ1) is 31.4. The highest BCUT2D eigenvalue weighted by atomic mass is 16.5. The van der Waals surface area contributed by atoms with Gasteiger partial charge in [0.1, 0.15) is 12.1 Å². The van der Waals surface area contributed by atoms with Gasteiger partial charge in [0.25, 0.3) is 0 Å². The van der Waals surface area contributed by atoms with Gasteiger partial charge >= 0.3 is 11.9 Å². The number of carboxylic acids is 1. The molecule has 1 N–H and O–H groups in total. The van der Waals surface area contributed by atoms with E-state index in [1.54, 1.807) is 0 Å². The topological polar surface area (TPSA) is 83.9 Å². The number of nitrogens with zero attached hydrogens (tertiary/aromatic N) is 1. The molecule has 6 heteroatoms. The third kappa shape index (κ3) is 12.3. The highest BCUT2D eigenvalue weighted by Crippen LogP contribution is 2.33. The Bertz CT molecular complexity index is 594. The summed E-state index contributed by atoms with van der Waals surface area (Å²) in [6, 6.07) is -1.31. The fourth-order valence-corrected chi connectivity index (χ4v) is 5.36. The predicted octanol–water partition coefficient (Wildman–Crippen LogP) is 7.14. The van der Waals surface area contributed by atoms with Crippen molar-refractivity contribution in [2.75, 3.05) is 0 Å². The minimum Gasteiger partial charge on any atom is -0.480 e. The zero-order valence-corrected chi connectivity index (χ0v) is 23.0. The van der Waals surface area contributed by atoms with Crippen LogP contribution in [0.5, 0.6) is 0 Å². The largest absolute Gasteiger partial charge is 0.480 e. The highest BCUT2D eigenvalue weighted by molar-refractivity contribution is 5.78. The van der Waals surface area contributed by atoms with E-state index in [9.17, 15) is 19.5 Å². The van der Waals surface area contributed by atoms with E-state index >= 15 is 0 Å².